The SMILES string of the molecule is C#CC(C)NC(=O)C1CCCCO1. The fraction of sp³-hybridized carbons (Fsp3) is 0.700. The van der Waals surface area contributed by atoms with Crippen LogP contribution < -0.4 is 5.32 Å². The summed E-state index contributed by atoms with van der Waals surface area (Å²) in [5, 5.41) is 2.70. The molecule has 0 saturated carbocycles. The summed E-state index contributed by atoms with van der Waals surface area (Å²) in [5.74, 6) is 2.37. The molecule has 3 heteroatoms. The number of nitrogens with one attached hydrogen (secondary N) is 1. The lowest BCUT2D eigenvalue weighted by molar-refractivity contribution is -0.135. The van der Waals surface area contributed by atoms with E-state index in [9.17, 15) is 4.79 Å². The molecule has 0 radical (unpaired) electrons. The molecule has 2 unspecified atom stereocenters. The summed E-state index contributed by atoms with van der Waals surface area (Å²) in [5.41, 5.74) is 0. The van der Waals surface area contributed by atoms with Crippen molar-refractivity contribution in [2.75, 3.05) is 6.61 Å². The molecule has 13 heavy (non-hydrogen) atoms. The van der Waals surface area contributed by atoms with Crippen LogP contribution in [0.3, 0.4) is 0 Å². The summed E-state index contributed by atoms with van der Waals surface area (Å²) in [4.78, 5) is 11.4. The molecule has 1 N–H and O–H groups in total. The standard InChI is InChI=1S/C10H15NO2/c1-3-8(2)11-10(12)9-6-4-5-7-13-9/h1,8-9H,4-7H2,2H3,(H,11,12). The van der Waals surface area contributed by atoms with Crippen molar-refractivity contribution in [3.05, 3.63) is 0 Å². The second-order valence-electron chi connectivity index (χ2n) is 3.25. The van der Waals surface area contributed by atoms with E-state index in [1.807, 2.05) is 0 Å². The quantitative estimate of drug-likeness (QED) is 0.637. The average Bonchev–Trinajstić information content (AvgIpc) is 2.19. The maximum Gasteiger partial charge on any atom is 0.250 e. The third-order valence-corrected chi connectivity index (χ3v) is 2.08. The number of terminal acetylenes is 1. The van der Waals surface area contributed by atoms with Crippen LogP contribution in [0.4, 0.5) is 0 Å². The maximum atomic E-state index is 11.4. The molecule has 1 rings (SSSR count). The number of carbonyl (C=O) groups excluding carboxylic acids is 1. The normalized spacial score (nSPS) is 24.5. The molecule has 0 aromatic carbocycles. The van der Waals surface area contributed by atoms with Gasteiger partial charge in [-0.2, -0.15) is 0 Å². The Labute approximate surface area is 78.8 Å². The number of rotatable bonds is 2. The van der Waals surface area contributed by atoms with Gasteiger partial charge in [0, 0.05) is 6.61 Å². The van der Waals surface area contributed by atoms with Crippen LogP contribution in [-0.2, 0) is 9.53 Å². The number of amides is 1. The van der Waals surface area contributed by atoms with E-state index in [4.69, 9.17) is 11.2 Å². The maximum absolute atomic E-state index is 11.4. The van der Waals surface area contributed by atoms with Gasteiger partial charge in [-0.3, -0.25) is 4.79 Å². The lowest BCUT2D eigenvalue weighted by atomic mass is 10.1. The molecule has 0 aromatic heterocycles. The zero-order valence-electron chi connectivity index (χ0n) is 7.88. The van der Waals surface area contributed by atoms with Crippen LogP contribution in [0, 0.1) is 12.3 Å². The molecule has 0 bridgehead atoms. The first kappa shape index (κ1) is 10.1. The predicted octanol–water partition coefficient (Wildman–Crippen LogP) is 0.693. The summed E-state index contributed by atoms with van der Waals surface area (Å²) in [7, 11) is 0. The van der Waals surface area contributed by atoms with Gasteiger partial charge >= 0.3 is 0 Å². The number of ether oxygens (including phenoxy) is 1. The van der Waals surface area contributed by atoms with E-state index in [0.29, 0.717) is 6.61 Å². The highest BCUT2D eigenvalue weighted by molar-refractivity contribution is 5.81. The molecule has 3 nitrogen and oxygen atoms in total. The summed E-state index contributed by atoms with van der Waals surface area (Å²) >= 11 is 0. The van der Waals surface area contributed by atoms with Gasteiger partial charge in [-0.25, -0.2) is 0 Å². The van der Waals surface area contributed by atoms with Gasteiger partial charge in [-0.05, 0) is 26.2 Å². The number of hydrogen-bond acceptors (Lipinski definition) is 2. The summed E-state index contributed by atoms with van der Waals surface area (Å²) in [6.07, 6.45) is 7.77. The molecule has 0 aliphatic carbocycles. The van der Waals surface area contributed by atoms with Crippen LogP contribution in [0.15, 0.2) is 0 Å². The van der Waals surface area contributed by atoms with Crippen molar-refractivity contribution < 1.29 is 9.53 Å². The fourth-order valence-corrected chi connectivity index (χ4v) is 1.30. The van der Waals surface area contributed by atoms with Crippen molar-refractivity contribution in [1.82, 2.24) is 5.32 Å². The van der Waals surface area contributed by atoms with Gasteiger partial charge in [0.05, 0.1) is 6.04 Å². The van der Waals surface area contributed by atoms with Gasteiger partial charge in [0.25, 0.3) is 0 Å². The van der Waals surface area contributed by atoms with Crippen LogP contribution in [-0.4, -0.2) is 24.7 Å². The van der Waals surface area contributed by atoms with E-state index < -0.39 is 0 Å². The molecule has 1 aliphatic rings. The Kier molecular flexibility index (Phi) is 3.78. The van der Waals surface area contributed by atoms with Gasteiger partial charge in [-0.15, -0.1) is 6.42 Å². The Hall–Kier alpha value is -1.01. The Balaban J connectivity index is 2.34. The first-order valence-corrected chi connectivity index (χ1v) is 4.62. The second-order valence-corrected chi connectivity index (χ2v) is 3.25. The molecule has 1 fully saturated rings. The minimum Gasteiger partial charge on any atom is -0.368 e. The second kappa shape index (κ2) is 4.88. The molecule has 0 aromatic rings. The summed E-state index contributed by atoms with van der Waals surface area (Å²) in [6.45, 7) is 2.46. The molecular formula is C10H15NO2. The van der Waals surface area contributed by atoms with Crippen molar-refractivity contribution in [3.8, 4) is 12.3 Å². The smallest absolute Gasteiger partial charge is 0.250 e. The summed E-state index contributed by atoms with van der Waals surface area (Å²) < 4.78 is 5.30. The van der Waals surface area contributed by atoms with Crippen LogP contribution in [0.5, 0.6) is 0 Å². The molecule has 1 heterocycles. The van der Waals surface area contributed by atoms with E-state index in [2.05, 4.69) is 11.2 Å². The first-order valence-electron chi connectivity index (χ1n) is 4.62. The highest BCUT2D eigenvalue weighted by Gasteiger charge is 2.22. The molecule has 72 valence electrons. The molecule has 2 atom stereocenters. The zero-order chi connectivity index (χ0) is 9.68. The topological polar surface area (TPSA) is 38.3 Å². The van der Waals surface area contributed by atoms with Gasteiger partial charge in [0.2, 0.25) is 5.91 Å². The molecular weight excluding hydrogens is 166 g/mol. The Morgan fingerprint density at radius 3 is 3.00 bits per heavy atom. The van der Waals surface area contributed by atoms with Crippen LogP contribution in [0.1, 0.15) is 26.2 Å². The zero-order valence-corrected chi connectivity index (χ0v) is 7.88. The van der Waals surface area contributed by atoms with Crippen molar-refractivity contribution >= 4 is 5.91 Å². The largest absolute Gasteiger partial charge is 0.368 e. The van der Waals surface area contributed by atoms with Crippen molar-refractivity contribution in [3.63, 3.8) is 0 Å². The minimum absolute atomic E-state index is 0.0786. The van der Waals surface area contributed by atoms with Crippen LogP contribution in [0.2, 0.25) is 0 Å². The van der Waals surface area contributed by atoms with E-state index in [1.54, 1.807) is 6.92 Å². The van der Waals surface area contributed by atoms with Crippen LogP contribution >= 0.6 is 0 Å². The third-order valence-electron chi connectivity index (χ3n) is 2.08. The van der Waals surface area contributed by atoms with Crippen LogP contribution in [0.25, 0.3) is 0 Å². The van der Waals surface area contributed by atoms with Gasteiger partial charge < -0.3 is 10.1 Å². The van der Waals surface area contributed by atoms with Gasteiger partial charge in [0.1, 0.15) is 6.10 Å². The Morgan fingerprint density at radius 1 is 1.69 bits per heavy atom. The monoisotopic (exact) mass is 181 g/mol. The van der Waals surface area contributed by atoms with Crippen molar-refractivity contribution in [1.29, 1.82) is 0 Å². The average molecular weight is 181 g/mol. The molecule has 1 aliphatic heterocycles. The Morgan fingerprint density at radius 2 is 2.46 bits per heavy atom. The van der Waals surface area contributed by atoms with Crippen molar-refractivity contribution in [2.24, 2.45) is 0 Å². The third kappa shape index (κ3) is 3.08. The number of carbonyl (C=O) groups is 1. The molecule has 1 saturated heterocycles. The summed E-state index contributed by atoms with van der Waals surface area (Å²) in [6, 6.07) is -0.210. The van der Waals surface area contributed by atoms with Gasteiger partial charge in [-0.1, -0.05) is 5.92 Å². The van der Waals surface area contributed by atoms with E-state index in [-0.39, 0.29) is 18.1 Å². The number of hydrogen-bond donors (Lipinski definition) is 1. The predicted molar refractivity (Wildman–Crippen MR) is 50.0 cm³/mol. The lowest BCUT2D eigenvalue weighted by Crippen LogP contribution is -2.42. The fourth-order valence-electron chi connectivity index (χ4n) is 1.30. The minimum atomic E-state index is -0.287. The van der Waals surface area contributed by atoms with Crippen molar-refractivity contribution in [2.45, 2.75) is 38.3 Å². The first-order chi connectivity index (χ1) is 6.24. The Bertz CT molecular complexity index is 213. The van der Waals surface area contributed by atoms with E-state index in [0.717, 1.165) is 19.3 Å². The highest BCUT2D eigenvalue weighted by Crippen LogP contribution is 2.12. The van der Waals surface area contributed by atoms with Gasteiger partial charge in [0.15, 0.2) is 0 Å². The van der Waals surface area contributed by atoms with E-state index >= 15 is 0 Å². The highest BCUT2D eigenvalue weighted by atomic mass is 16.5. The lowest BCUT2D eigenvalue weighted by Gasteiger charge is -2.22. The van der Waals surface area contributed by atoms with E-state index in [1.165, 1.54) is 0 Å². The molecule has 0 spiro atoms. The molecule has 1 amide bonds.